The number of benzene rings is 1. The molecular formula is C21H28BrN3O2. The monoisotopic (exact) mass is 433 g/mol. The molecule has 1 saturated carbocycles. The quantitative estimate of drug-likeness (QED) is 0.501. The third-order valence-corrected chi connectivity index (χ3v) is 5.64. The van der Waals surface area contributed by atoms with E-state index in [-0.39, 0.29) is 17.5 Å². The molecule has 1 aromatic carbocycles. The summed E-state index contributed by atoms with van der Waals surface area (Å²) in [6.07, 6.45) is 7.05. The van der Waals surface area contributed by atoms with Gasteiger partial charge in [0.2, 0.25) is 0 Å². The molecule has 0 unspecified atom stereocenters. The maximum atomic E-state index is 12.5. The second-order valence-electron chi connectivity index (χ2n) is 6.70. The molecule has 5 nitrogen and oxygen atoms in total. The number of halogens is 1. The number of nitrogens with zero attached hydrogens (tertiary/aromatic N) is 2. The molecule has 0 atom stereocenters. The van der Waals surface area contributed by atoms with Crippen LogP contribution in [0.4, 0.5) is 5.69 Å². The summed E-state index contributed by atoms with van der Waals surface area (Å²) in [4.78, 5) is 14.7. The van der Waals surface area contributed by atoms with Crippen molar-refractivity contribution in [3.05, 3.63) is 27.7 Å². The van der Waals surface area contributed by atoms with E-state index in [1.807, 2.05) is 18.2 Å². The van der Waals surface area contributed by atoms with Crippen molar-refractivity contribution in [2.75, 3.05) is 25.1 Å². The van der Waals surface area contributed by atoms with Gasteiger partial charge in [-0.1, -0.05) is 19.3 Å². The van der Waals surface area contributed by atoms with Crippen molar-refractivity contribution in [3.63, 3.8) is 0 Å². The van der Waals surface area contributed by atoms with Gasteiger partial charge in [-0.2, -0.15) is 5.26 Å². The maximum Gasteiger partial charge on any atom is 0.262 e. The van der Waals surface area contributed by atoms with Crippen LogP contribution < -0.4 is 15.0 Å². The Morgan fingerprint density at radius 1 is 1.33 bits per heavy atom. The molecule has 146 valence electrons. The van der Waals surface area contributed by atoms with Crippen molar-refractivity contribution < 1.29 is 9.53 Å². The second kappa shape index (κ2) is 10.4. The summed E-state index contributed by atoms with van der Waals surface area (Å²) < 4.78 is 6.43. The molecule has 0 bridgehead atoms. The molecule has 1 fully saturated rings. The molecule has 0 heterocycles. The summed E-state index contributed by atoms with van der Waals surface area (Å²) in [6.45, 7) is 5.95. The largest absolute Gasteiger partial charge is 0.496 e. The van der Waals surface area contributed by atoms with E-state index in [0.29, 0.717) is 11.3 Å². The minimum atomic E-state index is -0.310. The number of carbonyl (C=O) groups excluding carboxylic acids is 1. The lowest BCUT2D eigenvalue weighted by atomic mass is 9.95. The van der Waals surface area contributed by atoms with Crippen LogP contribution in [0.1, 0.15) is 51.5 Å². The van der Waals surface area contributed by atoms with E-state index >= 15 is 0 Å². The number of ether oxygens (including phenoxy) is 1. The Kier molecular flexibility index (Phi) is 8.18. The fourth-order valence-electron chi connectivity index (χ4n) is 3.47. The molecule has 27 heavy (non-hydrogen) atoms. The van der Waals surface area contributed by atoms with Gasteiger partial charge >= 0.3 is 0 Å². The van der Waals surface area contributed by atoms with E-state index in [9.17, 15) is 10.1 Å². The van der Waals surface area contributed by atoms with Gasteiger partial charge in [-0.05, 0) is 54.8 Å². The fourth-order valence-corrected chi connectivity index (χ4v) is 4.08. The van der Waals surface area contributed by atoms with Crippen molar-refractivity contribution in [2.24, 2.45) is 0 Å². The Bertz CT molecular complexity index is 730. The van der Waals surface area contributed by atoms with Crippen molar-refractivity contribution in [3.8, 4) is 11.8 Å². The topological polar surface area (TPSA) is 65.4 Å². The van der Waals surface area contributed by atoms with Gasteiger partial charge in [-0.25, -0.2) is 0 Å². The summed E-state index contributed by atoms with van der Waals surface area (Å²) in [5.74, 6) is 0.328. The van der Waals surface area contributed by atoms with E-state index in [4.69, 9.17) is 4.74 Å². The number of hydrogen-bond donors (Lipinski definition) is 1. The minimum absolute atomic E-state index is 0.0985. The van der Waals surface area contributed by atoms with Gasteiger partial charge in [0.15, 0.2) is 0 Å². The molecule has 0 aromatic heterocycles. The predicted octanol–water partition coefficient (Wildman–Crippen LogP) is 4.66. The highest BCUT2D eigenvalue weighted by molar-refractivity contribution is 9.10. The summed E-state index contributed by atoms with van der Waals surface area (Å²) in [5, 5.41) is 12.5. The predicted molar refractivity (Wildman–Crippen MR) is 113 cm³/mol. The summed E-state index contributed by atoms with van der Waals surface area (Å²) >= 11 is 3.61. The van der Waals surface area contributed by atoms with Crippen molar-refractivity contribution in [1.29, 1.82) is 5.26 Å². The Labute approximate surface area is 170 Å². The van der Waals surface area contributed by atoms with E-state index in [1.54, 1.807) is 13.2 Å². The highest BCUT2D eigenvalue weighted by atomic mass is 79.9. The molecule has 2 rings (SSSR count). The highest BCUT2D eigenvalue weighted by Crippen LogP contribution is 2.35. The van der Waals surface area contributed by atoms with Crippen LogP contribution >= 0.6 is 15.9 Å². The van der Waals surface area contributed by atoms with Gasteiger partial charge in [0.25, 0.3) is 5.91 Å². The maximum absolute atomic E-state index is 12.5. The summed E-state index contributed by atoms with van der Waals surface area (Å²) in [7, 11) is 1.60. The number of carbonyl (C=O) groups is 1. The summed E-state index contributed by atoms with van der Waals surface area (Å²) in [5.41, 5.74) is 1.83. The standard InChI is InChI=1S/C21H28BrN3O2/c1-4-25(5-2)19-13-20(27-3)15(12-18(19)22)11-16(14-23)21(26)24-17-9-7-6-8-10-17/h11-13,17H,4-10H2,1-3H3,(H,24,26)/b16-11+. The Morgan fingerprint density at radius 3 is 2.56 bits per heavy atom. The number of amides is 1. The van der Waals surface area contributed by atoms with Crippen molar-refractivity contribution >= 4 is 33.6 Å². The molecule has 0 aliphatic heterocycles. The van der Waals surface area contributed by atoms with Crippen LogP contribution in [-0.2, 0) is 4.79 Å². The Morgan fingerprint density at radius 2 is 2.00 bits per heavy atom. The zero-order chi connectivity index (χ0) is 19.8. The molecule has 1 aliphatic carbocycles. The fraction of sp³-hybridized carbons (Fsp3) is 0.524. The van der Waals surface area contributed by atoms with Crippen LogP contribution in [-0.4, -0.2) is 32.1 Å². The van der Waals surface area contributed by atoms with Gasteiger partial charge < -0.3 is 15.0 Å². The van der Waals surface area contributed by atoms with E-state index in [2.05, 4.69) is 40.0 Å². The molecular weight excluding hydrogens is 406 g/mol. The van der Waals surface area contributed by atoms with Crippen molar-refractivity contribution in [1.82, 2.24) is 5.32 Å². The molecule has 1 aliphatic rings. The first-order chi connectivity index (χ1) is 13.0. The molecule has 0 saturated heterocycles. The number of nitrogens with one attached hydrogen (secondary N) is 1. The van der Waals surface area contributed by atoms with Crippen LogP contribution in [0.2, 0.25) is 0 Å². The van der Waals surface area contributed by atoms with Crippen LogP contribution in [0.3, 0.4) is 0 Å². The normalized spacial score (nSPS) is 15.1. The lowest BCUT2D eigenvalue weighted by Crippen LogP contribution is -2.36. The smallest absolute Gasteiger partial charge is 0.262 e. The first-order valence-corrected chi connectivity index (χ1v) is 10.4. The highest BCUT2D eigenvalue weighted by Gasteiger charge is 2.19. The average molecular weight is 434 g/mol. The first kappa shape index (κ1) is 21.3. The molecule has 6 heteroatoms. The van der Waals surface area contributed by atoms with Gasteiger partial charge in [-0.15, -0.1) is 0 Å². The van der Waals surface area contributed by atoms with E-state index in [1.165, 1.54) is 6.42 Å². The third kappa shape index (κ3) is 5.49. The van der Waals surface area contributed by atoms with Crippen LogP contribution in [0.5, 0.6) is 5.75 Å². The van der Waals surface area contributed by atoms with Crippen LogP contribution in [0, 0.1) is 11.3 Å². The molecule has 1 aromatic rings. The van der Waals surface area contributed by atoms with Crippen molar-refractivity contribution in [2.45, 2.75) is 52.0 Å². The lowest BCUT2D eigenvalue weighted by Gasteiger charge is -2.24. The third-order valence-electron chi connectivity index (χ3n) is 5.01. The Balaban J connectivity index is 2.29. The zero-order valence-electron chi connectivity index (χ0n) is 16.3. The SMILES string of the molecule is CCN(CC)c1cc(OC)c(/C=C(\C#N)C(=O)NC2CCCCC2)cc1Br. The van der Waals surface area contributed by atoms with Gasteiger partial charge in [0.1, 0.15) is 17.4 Å². The number of nitriles is 1. The number of hydrogen-bond acceptors (Lipinski definition) is 4. The van der Waals surface area contributed by atoms with E-state index < -0.39 is 0 Å². The lowest BCUT2D eigenvalue weighted by molar-refractivity contribution is -0.117. The molecule has 1 N–H and O–H groups in total. The van der Waals surface area contributed by atoms with Crippen LogP contribution in [0.25, 0.3) is 6.08 Å². The number of anilines is 1. The van der Waals surface area contributed by atoms with Gasteiger partial charge in [-0.3, -0.25) is 4.79 Å². The summed E-state index contributed by atoms with van der Waals surface area (Å²) in [6, 6.07) is 6.05. The number of methoxy groups -OCH3 is 1. The molecule has 1 amide bonds. The second-order valence-corrected chi connectivity index (χ2v) is 7.55. The zero-order valence-corrected chi connectivity index (χ0v) is 17.9. The van der Waals surface area contributed by atoms with Gasteiger partial charge in [0, 0.05) is 35.2 Å². The molecule has 0 spiro atoms. The van der Waals surface area contributed by atoms with Crippen LogP contribution in [0.15, 0.2) is 22.2 Å². The Hall–Kier alpha value is -2.00. The minimum Gasteiger partial charge on any atom is -0.496 e. The molecule has 0 radical (unpaired) electrons. The van der Waals surface area contributed by atoms with E-state index in [0.717, 1.165) is 48.9 Å². The first-order valence-electron chi connectivity index (χ1n) is 9.59. The number of rotatable bonds is 7. The average Bonchev–Trinajstić information content (AvgIpc) is 2.68. The van der Waals surface area contributed by atoms with Gasteiger partial charge in [0.05, 0.1) is 12.8 Å².